The van der Waals surface area contributed by atoms with Gasteiger partial charge in [-0.05, 0) is 23.1 Å². The van der Waals surface area contributed by atoms with Crippen LogP contribution in [-0.2, 0) is 4.74 Å². The zero-order valence-corrected chi connectivity index (χ0v) is 12.2. The molecule has 0 heterocycles. The van der Waals surface area contributed by atoms with E-state index in [9.17, 15) is 0 Å². The van der Waals surface area contributed by atoms with Crippen LogP contribution in [-0.4, -0.2) is 14.2 Å². The minimum atomic E-state index is 0.0542. The van der Waals surface area contributed by atoms with Crippen molar-refractivity contribution in [3.63, 3.8) is 0 Å². The van der Waals surface area contributed by atoms with Gasteiger partial charge in [-0.2, -0.15) is 0 Å². The summed E-state index contributed by atoms with van der Waals surface area (Å²) in [5.74, 6) is 1.69. The smallest absolute Gasteiger partial charge is 0.124 e. The number of benzene rings is 2. The summed E-state index contributed by atoms with van der Waals surface area (Å²) in [6.07, 6.45) is 0.0542. The molecule has 3 atom stereocenters. The van der Waals surface area contributed by atoms with Gasteiger partial charge in [0.05, 0.1) is 13.2 Å². The average Bonchev–Trinajstić information content (AvgIpc) is 2.80. The van der Waals surface area contributed by atoms with Crippen molar-refractivity contribution < 1.29 is 9.47 Å². The van der Waals surface area contributed by atoms with E-state index in [0.29, 0.717) is 11.8 Å². The maximum atomic E-state index is 5.84. The lowest BCUT2D eigenvalue weighted by atomic mass is 9.87. The summed E-state index contributed by atoms with van der Waals surface area (Å²) >= 11 is 0. The number of rotatable bonds is 3. The van der Waals surface area contributed by atoms with E-state index >= 15 is 0 Å². The largest absolute Gasteiger partial charge is 0.496 e. The van der Waals surface area contributed by atoms with Crippen LogP contribution in [0.4, 0.5) is 0 Å². The van der Waals surface area contributed by atoms with E-state index in [1.165, 1.54) is 16.7 Å². The fraction of sp³-hybridized carbons (Fsp3) is 0.333. The molecule has 0 saturated carbocycles. The zero-order valence-electron chi connectivity index (χ0n) is 12.2. The first-order chi connectivity index (χ1) is 9.77. The Morgan fingerprint density at radius 2 is 1.65 bits per heavy atom. The van der Waals surface area contributed by atoms with Gasteiger partial charge in [0.1, 0.15) is 5.75 Å². The lowest BCUT2D eigenvalue weighted by Gasteiger charge is -2.23. The second kappa shape index (κ2) is 5.29. The Labute approximate surface area is 120 Å². The van der Waals surface area contributed by atoms with E-state index in [2.05, 4.69) is 49.4 Å². The minimum Gasteiger partial charge on any atom is -0.496 e. The van der Waals surface area contributed by atoms with Crippen LogP contribution in [0.1, 0.15) is 41.6 Å². The summed E-state index contributed by atoms with van der Waals surface area (Å²) in [5, 5.41) is 0. The minimum absolute atomic E-state index is 0.0542. The van der Waals surface area contributed by atoms with E-state index in [-0.39, 0.29) is 6.10 Å². The molecule has 0 aromatic heterocycles. The molecule has 1 aliphatic rings. The van der Waals surface area contributed by atoms with Gasteiger partial charge in [-0.15, -0.1) is 0 Å². The van der Waals surface area contributed by atoms with Crippen molar-refractivity contribution in [3.05, 3.63) is 65.2 Å². The Hall–Kier alpha value is -1.80. The van der Waals surface area contributed by atoms with E-state index in [1.807, 2.05) is 6.07 Å². The van der Waals surface area contributed by atoms with Crippen LogP contribution in [0.5, 0.6) is 5.75 Å². The molecule has 1 aliphatic carbocycles. The molecule has 2 nitrogen and oxygen atoms in total. The molecule has 0 aliphatic heterocycles. The van der Waals surface area contributed by atoms with Gasteiger partial charge in [0.15, 0.2) is 0 Å². The fourth-order valence-electron chi connectivity index (χ4n) is 3.48. The van der Waals surface area contributed by atoms with Crippen molar-refractivity contribution in [3.8, 4) is 5.75 Å². The molecule has 3 rings (SSSR count). The SMILES string of the molecule is COc1cccc2c1C(OC)C(c1ccccc1)C2C. The zero-order chi connectivity index (χ0) is 14.1. The first-order valence-corrected chi connectivity index (χ1v) is 7.02. The third kappa shape index (κ3) is 1.92. The number of hydrogen-bond donors (Lipinski definition) is 0. The Bertz CT molecular complexity index is 592. The molecule has 2 aromatic carbocycles. The monoisotopic (exact) mass is 268 g/mol. The highest BCUT2D eigenvalue weighted by Crippen LogP contribution is 2.54. The standard InChI is InChI=1S/C18H20O2/c1-12-14-10-7-11-15(19-2)17(14)18(20-3)16(12)13-8-5-4-6-9-13/h4-12,16,18H,1-3H3. The van der Waals surface area contributed by atoms with Gasteiger partial charge in [-0.3, -0.25) is 0 Å². The average molecular weight is 268 g/mol. The number of methoxy groups -OCH3 is 2. The Morgan fingerprint density at radius 1 is 0.900 bits per heavy atom. The molecule has 20 heavy (non-hydrogen) atoms. The van der Waals surface area contributed by atoms with Crippen LogP contribution in [0.2, 0.25) is 0 Å². The lowest BCUT2D eigenvalue weighted by Crippen LogP contribution is -2.10. The predicted octanol–water partition coefficient (Wildman–Crippen LogP) is 4.28. The van der Waals surface area contributed by atoms with Gasteiger partial charge in [-0.25, -0.2) is 0 Å². The summed E-state index contributed by atoms with van der Waals surface area (Å²) in [7, 11) is 3.51. The lowest BCUT2D eigenvalue weighted by molar-refractivity contribution is 0.0818. The van der Waals surface area contributed by atoms with Crippen molar-refractivity contribution in [1.82, 2.24) is 0 Å². The highest BCUT2D eigenvalue weighted by atomic mass is 16.5. The molecular formula is C18H20O2. The van der Waals surface area contributed by atoms with E-state index in [4.69, 9.17) is 9.47 Å². The van der Waals surface area contributed by atoms with Crippen LogP contribution < -0.4 is 4.74 Å². The van der Waals surface area contributed by atoms with Crippen LogP contribution in [0.15, 0.2) is 48.5 Å². The normalized spacial score (nSPS) is 24.4. The quantitative estimate of drug-likeness (QED) is 0.827. The van der Waals surface area contributed by atoms with E-state index in [1.54, 1.807) is 14.2 Å². The van der Waals surface area contributed by atoms with Crippen molar-refractivity contribution in [1.29, 1.82) is 0 Å². The highest BCUT2D eigenvalue weighted by molar-refractivity contribution is 5.51. The summed E-state index contributed by atoms with van der Waals surface area (Å²) in [4.78, 5) is 0. The topological polar surface area (TPSA) is 18.5 Å². The molecule has 0 amide bonds. The fourth-order valence-corrected chi connectivity index (χ4v) is 3.48. The molecule has 0 saturated heterocycles. The molecule has 0 radical (unpaired) electrons. The summed E-state index contributed by atoms with van der Waals surface area (Å²) in [6, 6.07) is 16.9. The molecule has 0 spiro atoms. The Morgan fingerprint density at radius 3 is 2.30 bits per heavy atom. The van der Waals surface area contributed by atoms with Crippen LogP contribution in [0, 0.1) is 0 Å². The first-order valence-electron chi connectivity index (χ1n) is 7.02. The summed E-state index contributed by atoms with van der Waals surface area (Å²) < 4.78 is 11.4. The van der Waals surface area contributed by atoms with E-state index < -0.39 is 0 Å². The Balaban J connectivity index is 2.12. The molecule has 2 aromatic rings. The second-order valence-electron chi connectivity index (χ2n) is 5.34. The molecule has 0 N–H and O–H groups in total. The highest BCUT2D eigenvalue weighted by Gasteiger charge is 2.41. The van der Waals surface area contributed by atoms with Crippen molar-refractivity contribution >= 4 is 0 Å². The number of ether oxygens (including phenoxy) is 2. The van der Waals surface area contributed by atoms with Crippen molar-refractivity contribution in [2.24, 2.45) is 0 Å². The maximum absolute atomic E-state index is 5.84. The third-order valence-electron chi connectivity index (χ3n) is 4.40. The van der Waals surface area contributed by atoms with Crippen LogP contribution in [0.25, 0.3) is 0 Å². The Kier molecular flexibility index (Phi) is 3.49. The summed E-state index contributed by atoms with van der Waals surface area (Å²) in [5.41, 5.74) is 3.87. The number of hydrogen-bond acceptors (Lipinski definition) is 2. The molecule has 104 valence electrons. The van der Waals surface area contributed by atoms with Gasteiger partial charge in [-0.1, -0.05) is 49.4 Å². The molecule has 3 unspecified atom stereocenters. The van der Waals surface area contributed by atoms with Gasteiger partial charge in [0, 0.05) is 18.6 Å². The van der Waals surface area contributed by atoms with E-state index in [0.717, 1.165) is 5.75 Å². The number of fused-ring (bicyclic) bond motifs is 1. The van der Waals surface area contributed by atoms with Crippen LogP contribution >= 0.6 is 0 Å². The molecule has 0 fully saturated rings. The molecule has 2 heteroatoms. The van der Waals surface area contributed by atoms with Gasteiger partial charge >= 0.3 is 0 Å². The van der Waals surface area contributed by atoms with Gasteiger partial charge in [0.25, 0.3) is 0 Å². The third-order valence-corrected chi connectivity index (χ3v) is 4.40. The first kappa shape index (κ1) is 13.2. The van der Waals surface area contributed by atoms with Crippen molar-refractivity contribution in [2.45, 2.75) is 24.9 Å². The molecule has 0 bridgehead atoms. The van der Waals surface area contributed by atoms with Gasteiger partial charge in [0.2, 0.25) is 0 Å². The maximum Gasteiger partial charge on any atom is 0.124 e. The van der Waals surface area contributed by atoms with Crippen molar-refractivity contribution in [2.75, 3.05) is 14.2 Å². The van der Waals surface area contributed by atoms with Gasteiger partial charge < -0.3 is 9.47 Å². The van der Waals surface area contributed by atoms with Crippen LogP contribution in [0.3, 0.4) is 0 Å². The predicted molar refractivity (Wildman–Crippen MR) is 80.3 cm³/mol. The second-order valence-corrected chi connectivity index (χ2v) is 5.34. The summed E-state index contributed by atoms with van der Waals surface area (Å²) in [6.45, 7) is 2.27. The molecular weight excluding hydrogens is 248 g/mol.